The van der Waals surface area contributed by atoms with Gasteiger partial charge in [-0.15, -0.1) is 11.6 Å². The molecular weight excluding hydrogens is 252 g/mol. The second kappa shape index (κ2) is 5.07. The Kier molecular flexibility index (Phi) is 3.27. The van der Waals surface area contributed by atoms with Gasteiger partial charge in [-0.25, -0.2) is 0 Å². The summed E-state index contributed by atoms with van der Waals surface area (Å²) in [5, 5.41) is 2.39. The molecule has 94 valence electrons. The van der Waals surface area contributed by atoms with Gasteiger partial charge in [-0.2, -0.15) is 0 Å². The maximum absolute atomic E-state index is 6.64. The molecule has 0 nitrogen and oxygen atoms in total. The Balaban J connectivity index is 2.07. The quantitative estimate of drug-likeness (QED) is 0.539. The van der Waals surface area contributed by atoms with Crippen molar-refractivity contribution < 1.29 is 0 Å². The first-order chi connectivity index (χ1) is 9.25. The van der Waals surface area contributed by atoms with Crippen LogP contribution in [0.25, 0.3) is 10.8 Å². The van der Waals surface area contributed by atoms with E-state index < -0.39 is 0 Å². The number of rotatable bonds is 2. The maximum atomic E-state index is 6.64. The normalized spacial score (nSPS) is 12.5. The molecule has 3 rings (SSSR count). The smallest absolute Gasteiger partial charge is 0.0838 e. The number of hydrogen-bond donors (Lipinski definition) is 0. The van der Waals surface area contributed by atoms with Gasteiger partial charge in [0.15, 0.2) is 0 Å². The van der Waals surface area contributed by atoms with Crippen LogP contribution in [0.5, 0.6) is 0 Å². The lowest BCUT2D eigenvalue weighted by Gasteiger charge is -2.13. The largest absolute Gasteiger partial charge is 0.113 e. The van der Waals surface area contributed by atoms with E-state index in [1.165, 1.54) is 21.9 Å². The molecule has 0 amide bonds. The van der Waals surface area contributed by atoms with Crippen LogP contribution in [-0.2, 0) is 0 Å². The van der Waals surface area contributed by atoms with Crippen molar-refractivity contribution in [3.8, 4) is 0 Å². The van der Waals surface area contributed by atoms with Crippen LogP contribution in [0.2, 0.25) is 0 Å². The predicted molar refractivity (Wildman–Crippen MR) is 82.8 cm³/mol. The molecule has 1 heteroatoms. The summed E-state index contributed by atoms with van der Waals surface area (Å²) in [4.78, 5) is 0. The van der Waals surface area contributed by atoms with Crippen LogP contribution in [0.1, 0.15) is 22.1 Å². The molecule has 0 heterocycles. The van der Waals surface area contributed by atoms with Gasteiger partial charge in [0.05, 0.1) is 5.38 Å². The highest BCUT2D eigenvalue weighted by molar-refractivity contribution is 6.22. The second-order valence-electron chi connectivity index (χ2n) is 4.83. The molecule has 0 aromatic heterocycles. The highest BCUT2D eigenvalue weighted by Gasteiger charge is 2.12. The zero-order valence-corrected chi connectivity index (χ0v) is 11.6. The number of hydrogen-bond acceptors (Lipinski definition) is 0. The van der Waals surface area contributed by atoms with E-state index in [-0.39, 0.29) is 5.38 Å². The zero-order valence-electron chi connectivity index (χ0n) is 10.8. The van der Waals surface area contributed by atoms with Crippen LogP contribution >= 0.6 is 11.6 Å². The van der Waals surface area contributed by atoms with Gasteiger partial charge in [0.2, 0.25) is 0 Å². The first-order valence-electron chi connectivity index (χ1n) is 6.44. The van der Waals surface area contributed by atoms with Gasteiger partial charge in [-0.1, -0.05) is 60.7 Å². The van der Waals surface area contributed by atoms with E-state index in [2.05, 4.69) is 61.5 Å². The van der Waals surface area contributed by atoms with Crippen LogP contribution < -0.4 is 0 Å². The van der Waals surface area contributed by atoms with Crippen molar-refractivity contribution in [1.29, 1.82) is 0 Å². The zero-order chi connectivity index (χ0) is 13.2. The molecule has 0 aliphatic carbocycles. The molecule has 1 unspecified atom stereocenters. The molecule has 0 radical (unpaired) electrons. The fraction of sp³-hybridized carbons (Fsp3) is 0.111. The molecule has 0 saturated heterocycles. The maximum Gasteiger partial charge on any atom is 0.0838 e. The highest BCUT2D eigenvalue weighted by atomic mass is 35.5. The minimum Gasteiger partial charge on any atom is -0.113 e. The Morgan fingerprint density at radius 1 is 0.789 bits per heavy atom. The molecule has 0 spiro atoms. The van der Waals surface area contributed by atoms with Crippen molar-refractivity contribution in [3.05, 3.63) is 83.4 Å². The van der Waals surface area contributed by atoms with Crippen molar-refractivity contribution in [3.63, 3.8) is 0 Å². The Morgan fingerprint density at radius 3 is 2.26 bits per heavy atom. The van der Waals surface area contributed by atoms with Crippen molar-refractivity contribution >= 4 is 22.4 Å². The number of alkyl halides is 1. The summed E-state index contributed by atoms with van der Waals surface area (Å²) >= 11 is 6.64. The lowest BCUT2D eigenvalue weighted by atomic mass is 9.98. The molecule has 0 N–H and O–H groups in total. The molecule has 19 heavy (non-hydrogen) atoms. The second-order valence-corrected chi connectivity index (χ2v) is 5.26. The van der Waals surface area contributed by atoms with Crippen LogP contribution in [0.15, 0.2) is 66.7 Å². The summed E-state index contributed by atoms with van der Waals surface area (Å²) in [6.07, 6.45) is 0. The predicted octanol–water partition coefficient (Wildman–Crippen LogP) is 5.48. The van der Waals surface area contributed by atoms with E-state index in [4.69, 9.17) is 11.6 Å². The van der Waals surface area contributed by atoms with Crippen molar-refractivity contribution in [2.75, 3.05) is 0 Å². The van der Waals surface area contributed by atoms with Gasteiger partial charge < -0.3 is 0 Å². The number of aryl methyl sites for hydroxylation is 1. The first-order valence-corrected chi connectivity index (χ1v) is 6.87. The SMILES string of the molecule is Cc1ccccc1C(Cl)c1ccc2ccccc2c1. The van der Waals surface area contributed by atoms with E-state index in [1.807, 2.05) is 12.1 Å². The summed E-state index contributed by atoms with van der Waals surface area (Å²) in [5.41, 5.74) is 3.56. The molecule has 0 aliphatic rings. The molecule has 1 atom stereocenters. The molecular formula is C18H15Cl. The van der Waals surface area contributed by atoms with Crippen molar-refractivity contribution in [2.45, 2.75) is 12.3 Å². The molecule has 3 aromatic rings. The minimum absolute atomic E-state index is 0.0918. The van der Waals surface area contributed by atoms with E-state index in [0.717, 1.165) is 5.56 Å². The standard InChI is InChI=1S/C18H15Cl/c1-13-6-2-5-9-17(13)18(19)16-11-10-14-7-3-4-8-15(14)12-16/h2-12,18H,1H3. The van der Waals surface area contributed by atoms with Crippen LogP contribution in [0.4, 0.5) is 0 Å². The number of benzene rings is 3. The summed E-state index contributed by atoms with van der Waals surface area (Å²) < 4.78 is 0. The monoisotopic (exact) mass is 266 g/mol. The molecule has 0 saturated carbocycles. The third-order valence-electron chi connectivity index (χ3n) is 3.53. The minimum atomic E-state index is -0.0918. The van der Waals surface area contributed by atoms with E-state index in [9.17, 15) is 0 Å². The van der Waals surface area contributed by atoms with Gasteiger partial charge in [0, 0.05) is 0 Å². The highest BCUT2D eigenvalue weighted by Crippen LogP contribution is 2.32. The number of fused-ring (bicyclic) bond motifs is 1. The van der Waals surface area contributed by atoms with Gasteiger partial charge in [-0.3, -0.25) is 0 Å². The van der Waals surface area contributed by atoms with Crippen molar-refractivity contribution in [2.24, 2.45) is 0 Å². The summed E-state index contributed by atoms with van der Waals surface area (Å²) in [6.45, 7) is 2.10. The molecule has 0 bridgehead atoms. The van der Waals surface area contributed by atoms with Crippen LogP contribution in [0.3, 0.4) is 0 Å². The third kappa shape index (κ3) is 2.36. The fourth-order valence-electron chi connectivity index (χ4n) is 2.42. The average Bonchev–Trinajstić information content (AvgIpc) is 2.46. The summed E-state index contributed by atoms with van der Waals surface area (Å²) in [7, 11) is 0. The van der Waals surface area contributed by atoms with Gasteiger partial charge in [0.1, 0.15) is 0 Å². The lowest BCUT2D eigenvalue weighted by molar-refractivity contribution is 1.12. The fourth-order valence-corrected chi connectivity index (χ4v) is 2.80. The van der Waals surface area contributed by atoms with Gasteiger partial charge in [0.25, 0.3) is 0 Å². The number of halogens is 1. The van der Waals surface area contributed by atoms with E-state index in [1.54, 1.807) is 0 Å². The summed E-state index contributed by atoms with van der Waals surface area (Å²) in [5.74, 6) is 0. The van der Waals surface area contributed by atoms with Crippen LogP contribution in [0, 0.1) is 6.92 Å². The van der Waals surface area contributed by atoms with Gasteiger partial charge >= 0.3 is 0 Å². The van der Waals surface area contributed by atoms with Gasteiger partial charge in [-0.05, 0) is 40.5 Å². The Hall–Kier alpha value is -1.79. The Labute approximate surface area is 118 Å². The third-order valence-corrected chi connectivity index (χ3v) is 4.01. The Morgan fingerprint density at radius 2 is 1.47 bits per heavy atom. The lowest BCUT2D eigenvalue weighted by Crippen LogP contribution is -1.96. The van der Waals surface area contributed by atoms with E-state index >= 15 is 0 Å². The average molecular weight is 267 g/mol. The molecule has 0 fully saturated rings. The van der Waals surface area contributed by atoms with E-state index in [0.29, 0.717) is 0 Å². The van der Waals surface area contributed by atoms with Crippen molar-refractivity contribution in [1.82, 2.24) is 0 Å². The van der Waals surface area contributed by atoms with Crippen LogP contribution in [-0.4, -0.2) is 0 Å². The molecule has 3 aromatic carbocycles. The first kappa shape index (κ1) is 12.3. The topological polar surface area (TPSA) is 0 Å². The molecule has 0 aliphatic heterocycles. The Bertz CT molecular complexity index is 715. The summed E-state index contributed by atoms with van der Waals surface area (Å²) in [6, 6.07) is 23.1.